The van der Waals surface area contributed by atoms with Gasteiger partial charge in [-0.2, -0.15) is 0 Å². The maximum atomic E-state index is 11.0. The zero-order chi connectivity index (χ0) is 14.5. The zero-order valence-corrected chi connectivity index (χ0v) is 12.1. The van der Waals surface area contributed by atoms with Gasteiger partial charge in [0, 0.05) is 6.54 Å². The first-order valence-corrected chi connectivity index (χ1v) is 6.44. The molecule has 4 nitrogen and oxygen atoms in total. The van der Waals surface area contributed by atoms with Crippen molar-refractivity contribution in [1.82, 2.24) is 5.32 Å². The third-order valence-corrected chi connectivity index (χ3v) is 3.31. The Morgan fingerprint density at radius 3 is 2.68 bits per heavy atom. The molecule has 0 amide bonds. The molecule has 1 aromatic carbocycles. The SMILES string of the molecule is COc1cc(CNCCC(C)(C)C(=O)O)ccc1C. The molecule has 19 heavy (non-hydrogen) atoms. The molecule has 0 unspecified atom stereocenters. The highest BCUT2D eigenvalue weighted by molar-refractivity contribution is 5.73. The molecule has 2 N–H and O–H groups in total. The fourth-order valence-corrected chi connectivity index (χ4v) is 1.71. The van der Waals surface area contributed by atoms with Crippen LogP contribution in [0.4, 0.5) is 0 Å². The van der Waals surface area contributed by atoms with Gasteiger partial charge >= 0.3 is 5.97 Å². The van der Waals surface area contributed by atoms with Crippen LogP contribution in [0.2, 0.25) is 0 Å². The molecule has 0 saturated heterocycles. The Morgan fingerprint density at radius 1 is 1.42 bits per heavy atom. The van der Waals surface area contributed by atoms with E-state index in [0.717, 1.165) is 16.9 Å². The van der Waals surface area contributed by atoms with Crippen molar-refractivity contribution in [2.24, 2.45) is 5.41 Å². The molecule has 0 aliphatic heterocycles. The first kappa shape index (κ1) is 15.5. The molecule has 0 aliphatic carbocycles. The Morgan fingerprint density at radius 2 is 2.11 bits per heavy atom. The molecule has 0 radical (unpaired) electrons. The minimum atomic E-state index is -0.758. The Hall–Kier alpha value is -1.55. The molecule has 106 valence electrons. The fourth-order valence-electron chi connectivity index (χ4n) is 1.71. The lowest BCUT2D eigenvalue weighted by molar-refractivity contribution is -0.147. The molecule has 0 bridgehead atoms. The largest absolute Gasteiger partial charge is 0.496 e. The van der Waals surface area contributed by atoms with E-state index in [2.05, 4.69) is 5.32 Å². The molecule has 0 atom stereocenters. The number of aryl methyl sites for hydroxylation is 1. The third-order valence-electron chi connectivity index (χ3n) is 3.31. The van der Waals surface area contributed by atoms with Crippen LogP contribution in [0.3, 0.4) is 0 Å². The number of methoxy groups -OCH3 is 1. The van der Waals surface area contributed by atoms with Crippen molar-refractivity contribution in [3.63, 3.8) is 0 Å². The summed E-state index contributed by atoms with van der Waals surface area (Å²) in [5.41, 5.74) is 1.56. The molecule has 0 aliphatic rings. The molecule has 1 rings (SSSR count). The van der Waals surface area contributed by atoms with Gasteiger partial charge < -0.3 is 15.2 Å². The van der Waals surface area contributed by atoms with E-state index < -0.39 is 11.4 Å². The zero-order valence-electron chi connectivity index (χ0n) is 12.1. The van der Waals surface area contributed by atoms with Crippen molar-refractivity contribution in [2.45, 2.75) is 33.7 Å². The van der Waals surface area contributed by atoms with E-state index in [-0.39, 0.29) is 0 Å². The highest BCUT2D eigenvalue weighted by Crippen LogP contribution is 2.20. The molecule has 4 heteroatoms. The normalized spacial score (nSPS) is 11.4. The molecular weight excluding hydrogens is 242 g/mol. The van der Waals surface area contributed by atoms with Crippen LogP contribution in [0.1, 0.15) is 31.4 Å². The van der Waals surface area contributed by atoms with E-state index in [1.54, 1.807) is 21.0 Å². The maximum Gasteiger partial charge on any atom is 0.309 e. The molecule has 0 aromatic heterocycles. The van der Waals surface area contributed by atoms with Crippen molar-refractivity contribution >= 4 is 5.97 Å². The number of hydrogen-bond acceptors (Lipinski definition) is 3. The van der Waals surface area contributed by atoms with Crippen LogP contribution in [-0.2, 0) is 11.3 Å². The Kier molecular flexibility index (Phi) is 5.36. The number of carboxylic acids is 1. The fraction of sp³-hybridized carbons (Fsp3) is 0.533. The van der Waals surface area contributed by atoms with Gasteiger partial charge in [0.25, 0.3) is 0 Å². The van der Waals surface area contributed by atoms with Gasteiger partial charge in [0.05, 0.1) is 12.5 Å². The number of rotatable bonds is 7. The van der Waals surface area contributed by atoms with Crippen molar-refractivity contribution < 1.29 is 14.6 Å². The van der Waals surface area contributed by atoms with Crippen molar-refractivity contribution in [2.75, 3.05) is 13.7 Å². The number of ether oxygens (including phenoxy) is 1. The van der Waals surface area contributed by atoms with E-state index in [9.17, 15) is 4.79 Å². The van der Waals surface area contributed by atoms with Gasteiger partial charge in [0.2, 0.25) is 0 Å². The van der Waals surface area contributed by atoms with Crippen LogP contribution >= 0.6 is 0 Å². The quantitative estimate of drug-likeness (QED) is 0.744. The van der Waals surface area contributed by atoms with E-state index in [4.69, 9.17) is 9.84 Å². The van der Waals surface area contributed by atoms with E-state index in [1.807, 2.05) is 25.1 Å². The number of hydrogen-bond donors (Lipinski definition) is 2. The topological polar surface area (TPSA) is 58.6 Å². The van der Waals surface area contributed by atoms with Crippen molar-refractivity contribution in [3.8, 4) is 5.75 Å². The minimum absolute atomic E-state index is 0.603. The first-order valence-electron chi connectivity index (χ1n) is 6.44. The highest BCUT2D eigenvalue weighted by atomic mass is 16.5. The second-order valence-corrected chi connectivity index (χ2v) is 5.42. The second kappa shape index (κ2) is 6.57. The molecule has 0 spiro atoms. The average molecular weight is 265 g/mol. The Balaban J connectivity index is 2.44. The number of benzene rings is 1. The summed E-state index contributed by atoms with van der Waals surface area (Å²) in [4.78, 5) is 11.0. The summed E-state index contributed by atoms with van der Waals surface area (Å²) in [5, 5.41) is 12.3. The molecular formula is C15H23NO3. The standard InChI is InChI=1S/C15H23NO3/c1-11-5-6-12(9-13(11)19-4)10-16-8-7-15(2,3)14(17)18/h5-6,9,16H,7-8,10H2,1-4H3,(H,17,18). The molecule has 0 fully saturated rings. The molecule has 1 aromatic rings. The molecule has 0 saturated carbocycles. The molecule has 0 heterocycles. The van der Waals surface area contributed by atoms with Gasteiger partial charge in [0.15, 0.2) is 0 Å². The van der Waals surface area contributed by atoms with Gasteiger partial charge in [-0.15, -0.1) is 0 Å². The third kappa shape index (κ3) is 4.56. The maximum absolute atomic E-state index is 11.0. The van der Waals surface area contributed by atoms with Crippen LogP contribution in [0.15, 0.2) is 18.2 Å². The predicted octanol–water partition coefficient (Wildman–Crippen LogP) is 2.59. The lowest BCUT2D eigenvalue weighted by Gasteiger charge is -2.19. The Labute approximate surface area is 114 Å². The van der Waals surface area contributed by atoms with E-state index in [1.165, 1.54) is 0 Å². The lowest BCUT2D eigenvalue weighted by Crippen LogP contribution is -2.28. The number of carboxylic acid groups (broad SMARTS) is 1. The smallest absolute Gasteiger partial charge is 0.309 e. The summed E-state index contributed by atoms with van der Waals surface area (Å²) >= 11 is 0. The minimum Gasteiger partial charge on any atom is -0.496 e. The first-order chi connectivity index (χ1) is 8.86. The monoisotopic (exact) mass is 265 g/mol. The van der Waals surface area contributed by atoms with Gasteiger partial charge in [-0.05, 0) is 50.9 Å². The predicted molar refractivity (Wildman–Crippen MR) is 75.5 cm³/mol. The highest BCUT2D eigenvalue weighted by Gasteiger charge is 2.25. The Bertz CT molecular complexity index is 441. The van der Waals surface area contributed by atoms with Crippen LogP contribution < -0.4 is 10.1 Å². The van der Waals surface area contributed by atoms with E-state index in [0.29, 0.717) is 19.5 Å². The van der Waals surface area contributed by atoms with Crippen molar-refractivity contribution in [3.05, 3.63) is 29.3 Å². The summed E-state index contributed by atoms with van der Waals surface area (Å²) < 4.78 is 5.27. The van der Waals surface area contributed by atoms with E-state index >= 15 is 0 Å². The number of aliphatic carboxylic acids is 1. The summed E-state index contributed by atoms with van der Waals surface area (Å²) in [7, 11) is 1.66. The summed E-state index contributed by atoms with van der Waals surface area (Å²) in [6.07, 6.45) is 0.603. The number of carbonyl (C=O) groups is 1. The van der Waals surface area contributed by atoms with Gasteiger partial charge in [-0.3, -0.25) is 4.79 Å². The summed E-state index contributed by atoms with van der Waals surface area (Å²) in [6.45, 7) is 6.88. The second-order valence-electron chi connectivity index (χ2n) is 5.42. The van der Waals surface area contributed by atoms with Gasteiger partial charge in [-0.25, -0.2) is 0 Å². The summed E-state index contributed by atoms with van der Waals surface area (Å²) in [5.74, 6) is 0.122. The van der Waals surface area contributed by atoms with Crippen LogP contribution in [0.25, 0.3) is 0 Å². The van der Waals surface area contributed by atoms with Crippen LogP contribution in [0.5, 0.6) is 5.75 Å². The van der Waals surface area contributed by atoms with Crippen molar-refractivity contribution in [1.29, 1.82) is 0 Å². The summed E-state index contributed by atoms with van der Waals surface area (Å²) in [6, 6.07) is 6.08. The average Bonchev–Trinajstić information content (AvgIpc) is 2.36. The van der Waals surface area contributed by atoms with Gasteiger partial charge in [0.1, 0.15) is 5.75 Å². The lowest BCUT2D eigenvalue weighted by atomic mass is 9.90. The van der Waals surface area contributed by atoms with Gasteiger partial charge in [-0.1, -0.05) is 12.1 Å². The van der Waals surface area contributed by atoms with Crippen LogP contribution in [0, 0.1) is 12.3 Å². The number of nitrogens with one attached hydrogen (secondary N) is 1. The van der Waals surface area contributed by atoms with Crippen LogP contribution in [-0.4, -0.2) is 24.7 Å².